The van der Waals surface area contributed by atoms with Crippen LogP contribution in [0.3, 0.4) is 0 Å². The Bertz CT molecular complexity index is 806. The van der Waals surface area contributed by atoms with Gasteiger partial charge < -0.3 is 4.90 Å². The minimum Gasteiger partial charge on any atom is -0.339 e. The molecule has 2 aliphatic heterocycles. The van der Waals surface area contributed by atoms with E-state index in [4.69, 9.17) is 0 Å². The van der Waals surface area contributed by atoms with Gasteiger partial charge in [0.1, 0.15) is 0 Å². The van der Waals surface area contributed by atoms with Gasteiger partial charge in [-0.1, -0.05) is 19.1 Å². The number of benzene rings is 1. The van der Waals surface area contributed by atoms with Gasteiger partial charge in [-0.05, 0) is 61.3 Å². The summed E-state index contributed by atoms with van der Waals surface area (Å²) in [4.78, 5) is 41.7. The molecule has 1 aromatic rings. The zero-order valence-corrected chi connectivity index (χ0v) is 15.5. The predicted octanol–water partition coefficient (Wildman–Crippen LogP) is 2.87. The van der Waals surface area contributed by atoms with E-state index < -0.39 is 0 Å². The number of rotatable bonds is 2. The molecule has 27 heavy (non-hydrogen) atoms. The lowest BCUT2D eigenvalue weighted by Crippen LogP contribution is -2.38. The summed E-state index contributed by atoms with van der Waals surface area (Å²) in [5, 5.41) is 0. The van der Waals surface area contributed by atoms with Gasteiger partial charge in [-0.25, -0.2) is 0 Å². The maximum Gasteiger partial charge on any atom is 0.253 e. The largest absolute Gasteiger partial charge is 0.339 e. The van der Waals surface area contributed by atoms with Crippen LogP contribution in [-0.2, 0) is 9.59 Å². The fourth-order valence-electron chi connectivity index (χ4n) is 5.30. The molecule has 5 nitrogen and oxygen atoms in total. The second kappa shape index (κ2) is 6.04. The summed E-state index contributed by atoms with van der Waals surface area (Å²) >= 11 is 0. The lowest BCUT2D eigenvalue weighted by atomic mass is 9.85. The topological polar surface area (TPSA) is 57.7 Å². The molecule has 3 fully saturated rings. The van der Waals surface area contributed by atoms with Gasteiger partial charge in [0.25, 0.3) is 5.91 Å². The van der Waals surface area contributed by atoms with Crippen LogP contribution in [0.15, 0.2) is 36.4 Å². The van der Waals surface area contributed by atoms with E-state index in [2.05, 4.69) is 19.1 Å². The summed E-state index contributed by atoms with van der Waals surface area (Å²) in [6.07, 6.45) is 7.21. The van der Waals surface area contributed by atoms with Gasteiger partial charge in [0.2, 0.25) is 11.8 Å². The van der Waals surface area contributed by atoms with Gasteiger partial charge >= 0.3 is 0 Å². The quantitative estimate of drug-likeness (QED) is 0.599. The van der Waals surface area contributed by atoms with Gasteiger partial charge in [0.05, 0.1) is 17.5 Å². The molecule has 0 unspecified atom stereocenters. The summed E-state index contributed by atoms with van der Waals surface area (Å²) in [5.41, 5.74) is 1.21. The number of nitrogens with zero attached hydrogens (tertiary/aromatic N) is 2. The number of hydrogen-bond acceptors (Lipinski definition) is 3. The second-order valence-electron chi connectivity index (χ2n) is 8.53. The Morgan fingerprint density at radius 1 is 0.926 bits per heavy atom. The third-order valence-corrected chi connectivity index (χ3v) is 6.91. The number of anilines is 1. The maximum absolute atomic E-state index is 12.9. The van der Waals surface area contributed by atoms with E-state index in [1.165, 1.54) is 4.90 Å². The van der Waals surface area contributed by atoms with Crippen molar-refractivity contribution in [3.63, 3.8) is 0 Å². The van der Waals surface area contributed by atoms with E-state index in [1.54, 1.807) is 24.3 Å². The fourth-order valence-corrected chi connectivity index (χ4v) is 5.30. The van der Waals surface area contributed by atoms with Crippen molar-refractivity contribution in [2.24, 2.45) is 29.6 Å². The van der Waals surface area contributed by atoms with Crippen molar-refractivity contribution in [2.75, 3.05) is 18.0 Å². The monoisotopic (exact) mass is 364 g/mol. The first kappa shape index (κ1) is 16.7. The predicted molar refractivity (Wildman–Crippen MR) is 101 cm³/mol. The van der Waals surface area contributed by atoms with Gasteiger partial charge in [-0.15, -0.1) is 0 Å². The lowest BCUT2D eigenvalue weighted by Gasteiger charge is -2.30. The van der Waals surface area contributed by atoms with Crippen LogP contribution in [0, 0.1) is 29.6 Å². The Kier molecular flexibility index (Phi) is 3.74. The normalized spacial score (nSPS) is 32.5. The highest BCUT2D eigenvalue weighted by Crippen LogP contribution is 2.53. The van der Waals surface area contributed by atoms with Crippen LogP contribution < -0.4 is 4.90 Å². The molecule has 2 saturated heterocycles. The van der Waals surface area contributed by atoms with Crippen molar-refractivity contribution in [3.8, 4) is 0 Å². The fraction of sp³-hybridized carbons (Fsp3) is 0.500. The van der Waals surface area contributed by atoms with Crippen molar-refractivity contribution in [3.05, 3.63) is 42.0 Å². The maximum atomic E-state index is 12.9. The first-order valence-corrected chi connectivity index (χ1v) is 10.00. The van der Waals surface area contributed by atoms with Crippen LogP contribution in [0.4, 0.5) is 5.69 Å². The van der Waals surface area contributed by atoms with Gasteiger partial charge in [0.15, 0.2) is 0 Å². The molecule has 1 saturated carbocycles. The Morgan fingerprint density at radius 2 is 1.48 bits per heavy atom. The summed E-state index contributed by atoms with van der Waals surface area (Å²) in [6.45, 7) is 3.81. The molecular weight excluding hydrogens is 340 g/mol. The van der Waals surface area contributed by atoms with E-state index in [9.17, 15) is 14.4 Å². The Morgan fingerprint density at radius 3 is 2.04 bits per heavy atom. The van der Waals surface area contributed by atoms with Crippen molar-refractivity contribution in [1.29, 1.82) is 0 Å². The number of carbonyl (C=O) groups excluding carboxylic acids is 3. The lowest BCUT2D eigenvalue weighted by molar-refractivity contribution is -0.123. The van der Waals surface area contributed by atoms with E-state index in [1.807, 2.05) is 4.90 Å². The van der Waals surface area contributed by atoms with Crippen molar-refractivity contribution < 1.29 is 14.4 Å². The highest BCUT2D eigenvalue weighted by atomic mass is 16.2. The third kappa shape index (κ3) is 2.47. The summed E-state index contributed by atoms with van der Waals surface area (Å²) in [7, 11) is 0. The smallest absolute Gasteiger partial charge is 0.253 e. The zero-order valence-electron chi connectivity index (χ0n) is 15.5. The van der Waals surface area contributed by atoms with Crippen LogP contribution in [-0.4, -0.2) is 35.7 Å². The molecule has 3 amide bonds. The standard InChI is InChI=1S/C22H24N2O3/c1-13-8-10-23(11-9-13)20(25)14-4-6-17(7-5-14)24-21(26)18-15-2-3-16(12-15)19(18)22(24)27/h2-7,13,15-16,18-19H,8-12H2,1H3/t15-,16-,18+,19+/m1/s1. The first-order valence-electron chi connectivity index (χ1n) is 10.00. The number of piperidine rings is 1. The molecule has 2 heterocycles. The molecule has 4 aliphatic rings. The molecule has 0 spiro atoms. The van der Waals surface area contributed by atoms with Crippen LogP contribution in [0.1, 0.15) is 36.5 Å². The Labute approximate surface area is 159 Å². The van der Waals surface area contributed by atoms with E-state index in [-0.39, 0.29) is 41.4 Å². The summed E-state index contributed by atoms with van der Waals surface area (Å²) < 4.78 is 0. The molecular formula is C22H24N2O3. The summed E-state index contributed by atoms with van der Waals surface area (Å²) in [5.74, 6) is 0.595. The third-order valence-electron chi connectivity index (χ3n) is 6.91. The molecule has 5 heteroatoms. The summed E-state index contributed by atoms with van der Waals surface area (Å²) in [6, 6.07) is 6.98. The van der Waals surface area contributed by atoms with Crippen LogP contribution in [0.2, 0.25) is 0 Å². The number of amides is 3. The second-order valence-corrected chi connectivity index (χ2v) is 8.53. The van der Waals surface area contributed by atoms with Crippen LogP contribution in [0.5, 0.6) is 0 Å². The van der Waals surface area contributed by atoms with Crippen molar-refractivity contribution in [1.82, 2.24) is 4.90 Å². The number of fused-ring (bicyclic) bond motifs is 5. The minimum absolute atomic E-state index is 0.0339. The molecule has 1 aromatic carbocycles. The number of likely N-dealkylation sites (tertiary alicyclic amines) is 1. The SMILES string of the molecule is CC1CCN(C(=O)c2ccc(N3C(=O)[C@@H]4[C@@H](C3=O)[C@@H]3C=C[C@@H]4C3)cc2)CC1. The van der Waals surface area contributed by atoms with Crippen LogP contribution in [0.25, 0.3) is 0 Å². The molecule has 0 radical (unpaired) electrons. The average Bonchev–Trinajstić information content (AvgIpc) is 3.36. The van der Waals surface area contributed by atoms with Crippen molar-refractivity contribution >= 4 is 23.4 Å². The zero-order chi connectivity index (χ0) is 18.7. The number of allylic oxidation sites excluding steroid dienone is 2. The van der Waals surface area contributed by atoms with Gasteiger partial charge in [-0.3, -0.25) is 19.3 Å². The van der Waals surface area contributed by atoms with E-state index in [0.717, 1.165) is 32.4 Å². The molecule has 2 aliphatic carbocycles. The Hall–Kier alpha value is -2.43. The molecule has 4 atom stereocenters. The first-order chi connectivity index (χ1) is 13.0. The number of carbonyl (C=O) groups is 3. The minimum atomic E-state index is -0.191. The van der Waals surface area contributed by atoms with E-state index in [0.29, 0.717) is 17.2 Å². The highest BCUT2D eigenvalue weighted by Gasteiger charge is 2.59. The van der Waals surface area contributed by atoms with Gasteiger partial charge in [0, 0.05) is 18.7 Å². The Balaban J connectivity index is 1.34. The molecule has 5 rings (SSSR count). The van der Waals surface area contributed by atoms with Crippen LogP contribution >= 0.6 is 0 Å². The average molecular weight is 364 g/mol. The molecule has 0 aromatic heterocycles. The molecule has 140 valence electrons. The van der Waals surface area contributed by atoms with Crippen molar-refractivity contribution in [2.45, 2.75) is 26.2 Å². The number of imide groups is 1. The van der Waals surface area contributed by atoms with E-state index >= 15 is 0 Å². The molecule has 0 N–H and O–H groups in total. The highest BCUT2D eigenvalue weighted by molar-refractivity contribution is 6.22. The van der Waals surface area contributed by atoms with Gasteiger partial charge in [-0.2, -0.15) is 0 Å². The number of hydrogen-bond donors (Lipinski definition) is 0. The molecule has 2 bridgehead atoms.